The van der Waals surface area contributed by atoms with Gasteiger partial charge in [-0.05, 0) is 92.7 Å². The molecule has 0 saturated heterocycles. The fourth-order valence-electron chi connectivity index (χ4n) is 5.07. The molecule has 2 heteroatoms. The van der Waals surface area contributed by atoms with Crippen LogP contribution in [0.2, 0.25) is 0 Å². The Labute approximate surface area is 170 Å². The molecule has 0 atom stereocenters. The van der Waals surface area contributed by atoms with Gasteiger partial charge in [-0.2, -0.15) is 10.5 Å². The maximum Gasteiger partial charge on any atom is 0.0991 e. The van der Waals surface area contributed by atoms with Gasteiger partial charge in [0.05, 0.1) is 17.7 Å². The van der Waals surface area contributed by atoms with Gasteiger partial charge in [0.15, 0.2) is 0 Å². The van der Waals surface area contributed by atoms with Crippen molar-refractivity contribution in [3.63, 3.8) is 0 Å². The van der Waals surface area contributed by atoms with E-state index in [-0.39, 0.29) is 0 Å². The Kier molecular flexibility index (Phi) is 7.93. The minimum absolute atomic E-state index is 0.696. The van der Waals surface area contributed by atoms with Crippen LogP contribution in [-0.4, -0.2) is 0 Å². The van der Waals surface area contributed by atoms with Crippen LogP contribution in [-0.2, 0) is 0 Å². The number of hydrogen-bond acceptors (Lipinski definition) is 2. The Hall–Kier alpha value is -2.32. The minimum atomic E-state index is 0.696. The largest absolute Gasteiger partial charge is 0.193 e. The molecule has 0 N–H and O–H groups in total. The molecule has 2 nitrogen and oxygen atoms in total. The van der Waals surface area contributed by atoms with Crippen LogP contribution in [0.4, 0.5) is 0 Å². The smallest absolute Gasteiger partial charge is 0.0991 e. The third-order valence-electron chi connectivity index (χ3n) is 6.90. The van der Waals surface area contributed by atoms with E-state index in [2.05, 4.69) is 24.3 Å². The van der Waals surface area contributed by atoms with E-state index >= 15 is 0 Å². The average Bonchev–Trinajstić information content (AvgIpc) is 2.76. The lowest BCUT2D eigenvalue weighted by molar-refractivity contribution is 0.246. The van der Waals surface area contributed by atoms with Crippen molar-refractivity contribution in [2.75, 3.05) is 0 Å². The van der Waals surface area contributed by atoms with Crippen LogP contribution in [0.3, 0.4) is 0 Å². The zero-order chi connectivity index (χ0) is 19.6. The van der Waals surface area contributed by atoms with Gasteiger partial charge >= 0.3 is 0 Å². The van der Waals surface area contributed by atoms with Gasteiger partial charge in [0.25, 0.3) is 0 Å². The number of nitriles is 2. The fraction of sp³-hybridized carbons (Fsp3) is 0.538. The van der Waals surface area contributed by atoms with Crippen molar-refractivity contribution in [3.8, 4) is 12.1 Å². The second-order valence-electron chi connectivity index (χ2n) is 8.68. The molecule has 28 heavy (non-hydrogen) atoms. The predicted octanol–water partition coefficient (Wildman–Crippen LogP) is 7.05. The standard InChI is InChI=1S/C26H32N2/c27-19-3-1-2-4-21-5-7-22(8-6-21)9-10-23-11-15-25(16-12-23)26-17-13-24(20-28)14-18-26/h1-4,13-14,17-18,21-23,25H,5-12,15-16H2/b3-1+,4-2+/t21-,22-,23-,25-. The van der Waals surface area contributed by atoms with Crippen LogP contribution in [0.1, 0.15) is 81.3 Å². The van der Waals surface area contributed by atoms with Crippen molar-refractivity contribution < 1.29 is 0 Å². The third-order valence-corrected chi connectivity index (χ3v) is 6.90. The SMILES string of the molecule is N#C/C=C/C=C/[C@H]1CC[C@H](CC[C@H]2CC[C@H](c3ccc(C#N)cc3)CC2)CC1. The highest BCUT2D eigenvalue weighted by molar-refractivity contribution is 5.33. The summed E-state index contributed by atoms with van der Waals surface area (Å²) in [7, 11) is 0. The number of allylic oxidation sites excluding steroid dienone is 4. The van der Waals surface area contributed by atoms with E-state index in [1.165, 1.54) is 75.8 Å². The summed E-state index contributed by atoms with van der Waals surface area (Å²) >= 11 is 0. The topological polar surface area (TPSA) is 47.6 Å². The summed E-state index contributed by atoms with van der Waals surface area (Å²) in [6.07, 6.45) is 21.3. The van der Waals surface area contributed by atoms with E-state index < -0.39 is 0 Å². The first-order valence-corrected chi connectivity index (χ1v) is 11.0. The molecule has 0 unspecified atom stereocenters. The van der Waals surface area contributed by atoms with E-state index in [1.807, 2.05) is 30.4 Å². The normalized spacial score (nSPS) is 28.2. The van der Waals surface area contributed by atoms with E-state index in [4.69, 9.17) is 10.5 Å². The van der Waals surface area contributed by atoms with E-state index in [0.717, 1.165) is 17.4 Å². The summed E-state index contributed by atoms with van der Waals surface area (Å²) in [5.74, 6) is 3.25. The first kappa shape index (κ1) is 20.4. The fourth-order valence-corrected chi connectivity index (χ4v) is 5.07. The van der Waals surface area contributed by atoms with Crippen molar-refractivity contribution in [2.24, 2.45) is 17.8 Å². The predicted molar refractivity (Wildman–Crippen MR) is 114 cm³/mol. The average molecular weight is 373 g/mol. The molecule has 0 radical (unpaired) electrons. The first-order valence-electron chi connectivity index (χ1n) is 11.0. The molecular formula is C26H32N2. The van der Waals surface area contributed by atoms with E-state index in [0.29, 0.717) is 11.8 Å². The zero-order valence-electron chi connectivity index (χ0n) is 16.9. The molecule has 1 aromatic rings. The molecule has 0 bridgehead atoms. The van der Waals surface area contributed by atoms with Crippen LogP contribution >= 0.6 is 0 Å². The number of rotatable bonds is 6. The van der Waals surface area contributed by atoms with Gasteiger partial charge in [0.2, 0.25) is 0 Å². The van der Waals surface area contributed by atoms with Crippen LogP contribution < -0.4 is 0 Å². The number of nitrogens with zero attached hydrogens (tertiary/aromatic N) is 2. The van der Waals surface area contributed by atoms with Gasteiger partial charge < -0.3 is 0 Å². The van der Waals surface area contributed by atoms with Crippen LogP contribution in [0, 0.1) is 40.4 Å². The third kappa shape index (κ3) is 6.10. The number of hydrogen-bond donors (Lipinski definition) is 0. The summed E-state index contributed by atoms with van der Waals surface area (Å²) in [6, 6.07) is 12.5. The van der Waals surface area contributed by atoms with Gasteiger partial charge in [-0.3, -0.25) is 0 Å². The lowest BCUT2D eigenvalue weighted by atomic mass is 9.74. The second kappa shape index (κ2) is 10.9. The van der Waals surface area contributed by atoms with Gasteiger partial charge in [-0.25, -0.2) is 0 Å². The van der Waals surface area contributed by atoms with Gasteiger partial charge in [0, 0.05) is 6.08 Å². The molecule has 146 valence electrons. The highest BCUT2D eigenvalue weighted by Gasteiger charge is 2.24. The molecule has 1 aromatic carbocycles. The first-order chi connectivity index (χ1) is 13.8. The molecule has 0 spiro atoms. The van der Waals surface area contributed by atoms with Crippen molar-refractivity contribution in [3.05, 3.63) is 59.7 Å². The molecule has 3 rings (SSSR count). The Morgan fingerprint density at radius 3 is 1.96 bits per heavy atom. The molecule has 2 fully saturated rings. The lowest BCUT2D eigenvalue weighted by Crippen LogP contribution is -2.17. The maximum atomic E-state index is 8.95. The van der Waals surface area contributed by atoms with Crippen LogP contribution in [0.25, 0.3) is 0 Å². The Bertz CT molecular complexity index is 728. The van der Waals surface area contributed by atoms with E-state index in [9.17, 15) is 0 Å². The van der Waals surface area contributed by atoms with Crippen molar-refractivity contribution in [2.45, 2.75) is 70.1 Å². The molecule has 2 aliphatic rings. The molecule has 0 heterocycles. The minimum Gasteiger partial charge on any atom is -0.193 e. The van der Waals surface area contributed by atoms with Gasteiger partial charge in [0.1, 0.15) is 0 Å². The summed E-state index contributed by atoms with van der Waals surface area (Å²) in [5.41, 5.74) is 2.19. The zero-order valence-corrected chi connectivity index (χ0v) is 16.9. The second-order valence-corrected chi connectivity index (χ2v) is 8.68. The lowest BCUT2D eigenvalue weighted by Gasteiger charge is -2.31. The van der Waals surface area contributed by atoms with E-state index in [1.54, 1.807) is 0 Å². The molecule has 0 aromatic heterocycles. The van der Waals surface area contributed by atoms with Crippen LogP contribution in [0.5, 0.6) is 0 Å². The Morgan fingerprint density at radius 1 is 0.786 bits per heavy atom. The molecular weight excluding hydrogens is 340 g/mol. The molecule has 2 saturated carbocycles. The summed E-state index contributed by atoms with van der Waals surface area (Å²) < 4.78 is 0. The quantitative estimate of drug-likeness (QED) is 0.396. The maximum absolute atomic E-state index is 8.95. The molecule has 0 aliphatic heterocycles. The van der Waals surface area contributed by atoms with Crippen molar-refractivity contribution in [1.29, 1.82) is 10.5 Å². The summed E-state index contributed by atoms with van der Waals surface area (Å²) in [4.78, 5) is 0. The summed E-state index contributed by atoms with van der Waals surface area (Å²) in [6.45, 7) is 0. The van der Waals surface area contributed by atoms with Crippen molar-refractivity contribution >= 4 is 0 Å². The Balaban J connectivity index is 1.34. The highest BCUT2D eigenvalue weighted by atomic mass is 14.3. The molecule has 2 aliphatic carbocycles. The monoisotopic (exact) mass is 372 g/mol. The molecule has 0 amide bonds. The van der Waals surface area contributed by atoms with Crippen LogP contribution in [0.15, 0.2) is 48.6 Å². The highest BCUT2D eigenvalue weighted by Crippen LogP contribution is 2.39. The van der Waals surface area contributed by atoms with Crippen molar-refractivity contribution in [1.82, 2.24) is 0 Å². The van der Waals surface area contributed by atoms with Gasteiger partial charge in [-0.15, -0.1) is 0 Å². The Morgan fingerprint density at radius 2 is 1.39 bits per heavy atom. The number of benzene rings is 1. The van der Waals surface area contributed by atoms with Gasteiger partial charge in [-0.1, -0.05) is 43.2 Å². The summed E-state index contributed by atoms with van der Waals surface area (Å²) in [5, 5.41) is 17.5.